The van der Waals surface area contributed by atoms with Crippen LogP contribution in [0.1, 0.15) is 24.4 Å². The van der Waals surface area contributed by atoms with E-state index < -0.39 is 0 Å². The van der Waals surface area contributed by atoms with Crippen LogP contribution in [0.25, 0.3) is 0 Å². The minimum absolute atomic E-state index is 0.0761. The summed E-state index contributed by atoms with van der Waals surface area (Å²) in [6.45, 7) is 2.97. The van der Waals surface area contributed by atoms with Crippen LogP contribution in [0.2, 0.25) is 0 Å². The molecule has 0 radical (unpaired) electrons. The molecule has 4 nitrogen and oxygen atoms in total. The summed E-state index contributed by atoms with van der Waals surface area (Å²) in [5.41, 5.74) is 1.16. The van der Waals surface area contributed by atoms with E-state index in [1.807, 2.05) is 30.1 Å². The van der Waals surface area contributed by atoms with Gasteiger partial charge in [0.1, 0.15) is 11.6 Å². The van der Waals surface area contributed by atoms with Crippen LogP contribution in [0.3, 0.4) is 0 Å². The van der Waals surface area contributed by atoms with E-state index >= 15 is 0 Å². The smallest absolute Gasteiger partial charge is 0.133 e. The van der Waals surface area contributed by atoms with Gasteiger partial charge in [0.15, 0.2) is 0 Å². The third-order valence-electron chi connectivity index (χ3n) is 3.03. The number of methoxy groups -OCH3 is 1. The number of hydrogen-bond acceptors (Lipinski definition) is 3. The number of nitrogens with zero attached hydrogens (tertiary/aromatic N) is 2. The number of benzene rings is 1. The Morgan fingerprint density at radius 1 is 1.47 bits per heavy atom. The van der Waals surface area contributed by atoms with Gasteiger partial charge in [-0.15, -0.1) is 0 Å². The zero-order valence-corrected chi connectivity index (χ0v) is 12.9. The van der Waals surface area contributed by atoms with Gasteiger partial charge >= 0.3 is 0 Å². The Bertz CT molecular complexity index is 553. The van der Waals surface area contributed by atoms with Gasteiger partial charge in [-0.25, -0.2) is 4.98 Å². The van der Waals surface area contributed by atoms with Crippen LogP contribution >= 0.6 is 15.9 Å². The highest BCUT2D eigenvalue weighted by Gasteiger charge is 2.18. The Labute approximate surface area is 121 Å². The van der Waals surface area contributed by atoms with E-state index in [2.05, 4.69) is 45.3 Å². The standard InChI is InChI=1S/C14H18BrN3O/c1-4-16-13(14-17-7-8-18(14)2)10-5-6-12(19-3)11(15)9-10/h5-9,13,16H,4H2,1-3H3. The first-order chi connectivity index (χ1) is 9.17. The molecule has 5 heteroatoms. The summed E-state index contributed by atoms with van der Waals surface area (Å²) in [6, 6.07) is 6.17. The summed E-state index contributed by atoms with van der Waals surface area (Å²) < 4.78 is 8.25. The Morgan fingerprint density at radius 2 is 2.26 bits per heavy atom. The molecule has 1 aromatic heterocycles. The average molecular weight is 324 g/mol. The molecule has 1 atom stereocenters. The fourth-order valence-electron chi connectivity index (χ4n) is 2.08. The van der Waals surface area contributed by atoms with Crippen molar-refractivity contribution in [2.75, 3.05) is 13.7 Å². The minimum atomic E-state index is 0.0761. The monoisotopic (exact) mass is 323 g/mol. The van der Waals surface area contributed by atoms with Crippen molar-refractivity contribution in [3.63, 3.8) is 0 Å². The van der Waals surface area contributed by atoms with Crippen molar-refractivity contribution in [3.8, 4) is 5.75 Å². The fourth-order valence-corrected chi connectivity index (χ4v) is 2.64. The maximum Gasteiger partial charge on any atom is 0.133 e. The molecule has 0 aliphatic heterocycles. The lowest BCUT2D eigenvalue weighted by Crippen LogP contribution is -2.24. The lowest BCUT2D eigenvalue weighted by molar-refractivity contribution is 0.411. The number of aromatic nitrogens is 2. The molecule has 19 heavy (non-hydrogen) atoms. The van der Waals surface area contributed by atoms with Gasteiger partial charge in [0.2, 0.25) is 0 Å². The van der Waals surface area contributed by atoms with Crippen molar-refractivity contribution in [2.45, 2.75) is 13.0 Å². The van der Waals surface area contributed by atoms with Crippen molar-refractivity contribution in [3.05, 3.63) is 46.5 Å². The number of ether oxygens (including phenoxy) is 1. The summed E-state index contributed by atoms with van der Waals surface area (Å²) in [6.07, 6.45) is 3.77. The zero-order chi connectivity index (χ0) is 13.8. The third-order valence-corrected chi connectivity index (χ3v) is 3.65. The molecule has 0 saturated heterocycles. The average Bonchev–Trinajstić information content (AvgIpc) is 2.82. The second kappa shape index (κ2) is 6.21. The van der Waals surface area contributed by atoms with Crippen molar-refractivity contribution in [2.24, 2.45) is 7.05 Å². The predicted octanol–water partition coefficient (Wildman–Crippen LogP) is 2.89. The van der Waals surface area contributed by atoms with E-state index in [1.165, 1.54) is 0 Å². The van der Waals surface area contributed by atoms with E-state index in [0.29, 0.717) is 0 Å². The fraction of sp³-hybridized carbons (Fsp3) is 0.357. The summed E-state index contributed by atoms with van der Waals surface area (Å²) in [7, 11) is 3.67. The normalized spacial score (nSPS) is 12.4. The van der Waals surface area contributed by atoms with Crippen LogP contribution in [-0.4, -0.2) is 23.2 Å². The molecular formula is C14H18BrN3O. The van der Waals surface area contributed by atoms with Crippen LogP contribution in [0, 0.1) is 0 Å². The number of aryl methyl sites for hydroxylation is 1. The first kappa shape index (κ1) is 14.1. The van der Waals surface area contributed by atoms with Gasteiger partial charge in [-0.3, -0.25) is 0 Å². The van der Waals surface area contributed by atoms with Crippen LogP contribution in [0.15, 0.2) is 35.1 Å². The summed E-state index contributed by atoms with van der Waals surface area (Å²) in [5, 5.41) is 3.46. The number of hydrogen-bond donors (Lipinski definition) is 1. The molecule has 0 saturated carbocycles. The molecule has 102 valence electrons. The first-order valence-corrected chi connectivity index (χ1v) is 7.00. The SMILES string of the molecule is CCNC(c1ccc(OC)c(Br)c1)c1nccn1C. The van der Waals surface area contributed by atoms with E-state index in [-0.39, 0.29) is 6.04 Å². The van der Waals surface area contributed by atoms with Crippen molar-refractivity contribution >= 4 is 15.9 Å². The highest BCUT2D eigenvalue weighted by atomic mass is 79.9. The van der Waals surface area contributed by atoms with Crippen molar-refractivity contribution in [1.82, 2.24) is 14.9 Å². The lowest BCUT2D eigenvalue weighted by atomic mass is 10.1. The lowest BCUT2D eigenvalue weighted by Gasteiger charge is -2.19. The number of imidazole rings is 1. The molecule has 0 amide bonds. The number of nitrogens with one attached hydrogen (secondary N) is 1. The molecule has 2 aromatic rings. The minimum Gasteiger partial charge on any atom is -0.496 e. The topological polar surface area (TPSA) is 39.1 Å². The van der Waals surface area contributed by atoms with E-state index in [9.17, 15) is 0 Å². The molecule has 1 unspecified atom stereocenters. The molecule has 0 aliphatic carbocycles. The van der Waals surface area contributed by atoms with Gasteiger partial charge in [-0.2, -0.15) is 0 Å². The third kappa shape index (κ3) is 2.98. The molecule has 0 aliphatic rings. The largest absolute Gasteiger partial charge is 0.496 e. The molecule has 1 aromatic carbocycles. The molecule has 0 bridgehead atoms. The molecule has 1 heterocycles. The van der Waals surface area contributed by atoms with Gasteiger partial charge in [-0.1, -0.05) is 13.0 Å². The second-order valence-corrected chi connectivity index (χ2v) is 5.14. The first-order valence-electron chi connectivity index (χ1n) is 6.21. The summed E-state index contributed by atoms with van der Waals surface area (Å²) in [5.74, 6) is 1.83. The van der Waals surface area contributed by atoms with Crippen LogP contribution in [0.5, 0.6) is 5.75 Å². The van der Waals surface area contributed by atoms with E-state index in [1.54, 1.807) is 7.11 Å². The molecular weight excluding hydrogens is 306 g/mol. The summed E-state index contributed by atoms with van der Waals surface area (Å²) >= 11 is 3.53. The molecule has 0 spiro atoms. The highest BCUT2D eigenvalue weighted by Crippen LogP contribution is 2.30. The van der Waals surface area contributed by atoms with Crippen LogP contribution in [0.4, 0.5) is 0 Å². The van der Waals surface area contributed by atoms with E-state index in [0.717, 1.165) is 28.2 Å². The Hall–Kier alpha value is -1.33. The van der Waals surface area contributed by atoms with Crippen molar-refractivity contribution in [1.29, 1.82) is 0 Å². The maximum absolute atomic E-state index is 5.27. The second-order valence-electron chi connectivity index (χ2n) is 4.28. The van der Waals surface area contributed by atoms with Crippen LogP contribution < -0.4 is 10.1 Å². The van der Waals surface area contributed by atoms with E-state index in [4.69, 9.17) is 4.74 Å². The molecule has 2 rings (SSSR count). The number of halogens is 1. The summed E-state index contributed by atoms with van der Waals surface area (Å²) in [4.78, 5) is 4.44. The van der Waals surface area contributed by atoms with Gasteiger partial charge < -0.3 is 14.6 Å². The molecule has 1 N–H and O–H groups in total. The quantitative estimate of drug-likeness (QED) is 0.919. The van der Waals surface area contributed by atoms with Gasteiger partial charge in [0.05, 0.1) is 17.6 Å². The zero-order valence-electron chi connectivity index (χ0n) is 11.4. The number of rotatable bonds is 5. The van der Waals surface area contributed by atoms with Crippen molar-refractivity contribution < 1.29 is 4.74 Å². The Kier molecular flexibility index (Phi) is 4.61. The predicted molar refractivity (Wildman–Crippen MR) is 79.4 cm³/mol. The molecule has 0 fully saturated rings. The van der Waals surface area contributed by atoms with Gasteiger partial charge in [0, 0.05) is 19.4 Å². The Balaban J connectivity index is 2.39. The Morgan fingerprint density at radius 3 is 2.79 bits per heavy atom. The van der Waals surface area contributed by atoms with Gasteiger partial charge in [-0.05, 0) is 40.2 Å². The maximum atomic E-state index is 5.27. The van der Waals surface area contributed by atoms with Gasteiger partial charge in [0.25, 0.3) is 0 Å². The highest BCUT2D eigenvalue weighted by molar-refractivity contribution is 9.10. The van der Waals surface area contributed by atoms with Crippen LogP contribution in [-0.2, 0) is 7.05 Å².